The summed E-state index contributed by atoms with van der Waals surface area (Å²) in [5, 5.41) is 0. The van der Waals surface area contributed by atoms with Crippen LogP contribution in [0.4, 0.5) is 10.1 Å². The van der Waals surface area contributed by atoms with Crippen LogP contribution >= 0.6 is 0 Å². The number of aryl methyl sites for hydroxylation is 1. The maximum Gasteiger partial charge on any atom is 0.323 e. The summed E-state index contributed by atoms with van der Waals surface area (Å²) in [7, 11) is -3.80. The zero-order valence-corrected chi connectivity index (χ0v) is 13.4. The molecule has 2 aromatic carbocycles. The number of aromatic nitrogens is 2. The Kier molecular flexibility index (Phi) is 3.24. The summed E-state index contributed by atoms with van der Waals surface area (Å²) in [6, 6.07) is 8.58. The minimum atomic E-state index is -3.80. The molecule has 124 valence electrons. The summed E-state index contributed by atoms with van der Waals surface area (Å²) in [4.78, 5) is 16.6. The number of benzene rings is 2. The Hall–Kier alpha value is -2.61. The highest BCUT2D eigenvalue weighted by atomic mass is 32.2. The summed E-state index contributed by atoms with van der Waals surface area (Å²) in [5.41, 5.74) is 1.77. The highest BCUT2D eigenvalue weighted by Crippen LogP contribution is 2.32. The van der Waals surface area contributed by atoms with Crippen molar-refractivity contribution in [3.8, 4) is 0 Å². The van der Waals surface area contributed by atoms with E-state index in [9.17, 15) is 17.6 Å². The monoisotopic (exact) mass is 347 g/mol. The standard InChI is InChI=1S/C16H14FN3O3S/c17-11-3-6-15-10(8-11)2-1-7-20(15)24(22,23)12-4-5-13-14(9-12)19-16(21)18-13/h3-6,8-9H,1-2,7H2,(H2,18,19,21). The molecule has 4 rings (SSSR count). The Balaban J connectivity index is 1.84. The van der Waals surface area contributed by atoms with E-state index in [1.165, 1.54) is 34.6 Å². The fourth-order valence-corrected chi connectivity index (χ4v) is 4.65. The van der Waals surface area contributed by atoms with E-state index >= 15 is 0 Å². The molecule has 0 spiro atoms. The van der Waals surface area contributed by atoms with E-state index < -0.39 is 15.7 Å². The summed E-state index contributed by atoms with van der Waals surface area (Å²) in [6.07, 6.45) is 1.27. The number of anilines is 1. The lowest BCUT2D eigenvalue weighted by Gasteiger charge is -2.30. The molecule has 3 aromatic rings. The molecular weight excluding hydrogens is 333 g/mol. The van der Waals surface area contributed by atoms with Gasteiger partial charge in [-0.2, -0.15) is 0 Å². The number of H-pyrrole nitrogens is 2. The first kappa shape index (κ1) is 14.9. The molecule has 0 fully saturated rings. The van der Waals surface area contributed by atoms with Crippen LogP contribution in [0.2, 0.25) is 0 Å². The van der Waals surface area contributed by atoms with Gasteiger partial charge in [0.15, 0.2) is 0 Å². The van der Waals surface area contributed by atoms with E-state index in [0.29, 0.717) is 41.7 Å². The number of halogens is 1. The first-order valence-corrected chi connectivity index (χ1v) is 8.92. The topological polar surface area (TPSA) is 86.0 Å². The Labute approximate surface area is 137 Å². The van der Waals surface area contributed by atoms with Crippen molar-refractivity contribution in [2.24, 2.45) is 0 Å². The largest absolute Gasteiger partial charge is 0.323 e. The minimum absolute atomic E-state index is 0.0856. The molecule has 2 N–H and O–H groups in total. The Morgan fingerprint density at radius 2 is 1.83 bits per heavy atom. The number of nitrogens with one attached hydrogen (secondary N) is 2. The van der Waals surface area contributed by atoms with Gasteiger partial charge in [-0.25, -0.2) is 17.6 Å². The first-order chi connectivity index (χ1) is 11.4. The SMILES string of the molecule is O=c1[nH]c2ccc(S(=O)(=O)N3CCCc4cc(F)ccc43)cc2[nH]1. The van der Waals surface area contributed by atoms with E-state index in [1.54, 1.807) is 6.07 Å². The van der Waals surface area contributed by atoms with Crippen molar-refractivity contribution < 1.29 is 12.8 Å². The van der Waals surface area contributed by atoms with Crippen molar-refractivity contribution in [2.45, 2.75) is 17.7 Å². The molecule has 0 amide bonds. The smallest absolute Gasteiger partial charge is 0.306 e. The fraction of sp³-hybridized carbons (Fsp3) is 0.188. The van der Waals surface area contributed by atoms with Crippen molar-refractivity contribution in [1.29, 1.82) is 0 Å². The quantitative estimate of drug-likeness (QED) is 0.745. The Morgan fingerprint density at radius 1 is 1.04 bits per heavy atom. The molecule has 8 heteroatoms. The van der Waals surface area contributed by atoms with Gasteiger partial charge >= 0.3 is 5.69 Å². The highest BCUT2D eigenvalue weighted by Gasteiger charge is 2.29. The first-order valence-electron chi connectivity index (χ1n) is 7.48. The van der Waals surface area contributed by atoms with Crippen molar-refractivity contribution >= 4 is 26.7 Å². The third kappa shape index (κ3) is 2.30. The van der Waals surface area contributed by atoms with E-state index in [4.69, 9.17) is 0 Å². The van der Waals surface area contributed by atoms with Gasteiger partial charge in [0.1, 0.15) is 5.82 Å². The second kappa shape index (κ2) is 5.20. The van der Waals surface area contributed by atoms with Gasteiger partial charge in [0.2, 0.25) is 0 Å². The van der Waals surface area contributed by atoms with Crippen LogP contribution in [0.3, 0.4) is 0 Å². The molecule has 1 aromatic heterocycles. The van der Waals surface area contributed by atoms with Crippen molar-refractivity contribution in [1.82, 2.24) is 9.97 Å². The summed E-state index contributed by atoms with van der Waals surface area (Å²) in [6.45, 7) is 0.336. The number of hydrogen-bond acceptors (Lipinski definition) is 3. The zero-order chi connectivity index (χ0) is 16.9. The molecule has 0 radical (unpaired) electrons. The second-order valence-corrected chi connectivity index (χ2v) is 7.60. The number of nitrogens with zero attached hydrogens (tertiary/aromatic N) is 1. The van der Waals surface area contributed by atoms with Crippen LogP contribution in [0.15, 0.2) is 46.1 Å². The van der Waals surface area contributed by atoms with Crippen LogP contribution in [-0.4, -0.2) is 24.9 Å². The Morgan fingerprint density at radius 3 is 2.67 bits per heavy atom. The van der Waals surface area contributed by atoms with Crippen LogP contribution in [-0.2, 0) is 16.4 Å². The lowest BCUT2D eigenvalue weighted by Crippen LogP contribution is -2.35. The fourth-order valence-electron chi connectivity index (χ4n) is 3.08. The van der Waals surface area contributed by atoms with Crippen LogP contribution in [0.5, 0.6) is 0 Å². The van der Waals surface area contributed by atoms with Crippen molar-refractivity contribution in [3.63, 3.8) is 0 Å². The molecule has 24 heavy (non-hydrogen) atoms. The summed E-state index contributed by atoms with van der Waals surface area (Å²) < 4.78 is 40.7. The van der Waals surface area contributed by atoms with E-state index in [2.05, 4.69) is 9.97 Å². The molecule has 0 saturated heterocycles. The number of sulfonamides is 1. The van der Waals surface area contributed by atoms with E-state index in [0.717, 1.165) is 0 Å². The minimum Gasteiger partial charge on any atom is -0.306 e. The molecular formula is C16H14FN3O3S. The number of imidazole rings is 1. The van der Waals surface area contributed by atoms with E-state index in [1.807, 2.05) is 0 Å². The number of hydrogen-bond donors (Lipinski definition) is 2. The predicted molar refractivity (Wildman–Crippen MR) is 88.2 cm³/mol. The normalized spacial score (nSPS) is 14.8. The molecule has 0 saturated carbocycles. The van der Waals surface area contributed by atoms with Crippen LogP contribution in [0.1, 0.15) is 12.0 Å². The van der Waals surface area contributed by atoms with Gasteiger partial charge in [-0.05, 0) is 54.8 Å². The van der Waals surface area contributed by atoms with E-state index in [-0.39, 0.29) is 10.7 Å². The third-order valence-electron chi connectivity index (χ3n) is 4.19. The van der Waals surface area contributed by atoms with Crippen LogP contribution in [0, 0.1) is 5.82 Å². The van der Waals surface area contributed by atoms with Gasteiger partial charge in [-0.1, -0.05) is 0 Å². The molecule has 0 aliphatic carbocycles. The third-order valence-corrected chi connectivity index (χ3v) is 6.00. The number of rotatable bonds is 2. The molecule has 0 unspecified atom stereocenters. The molecule has 2 heterocycles. The molecule has 1 aliphatic rings. The van der Waals surface area contributed by atoms with Gasteiger partial charge in [-0.3, -0.25) is 4.31 Å². The summed E-state index contributed by atoms with van der Waals surface area (Å²) >= 11 is 0. The second-order valence-electron chi connectivity index (χ2n) is 5.74. The molecule has 0 bridgehead atoms. The lowest BCUT2D eigenvalue weighted by molar-refractivity contribution is 0.585. The summed E-state index contributed by atoms with van der Waals surface area (Å²) in [5.74, 6) is -0.376. The van der Waals surface area contributed by atoms with Crippen LogP contribution in [0.25, 0.3) is 11.0 Å². The van der Waals surface area contributed by atoms with Gasteiger partial charge in [-0.15, -0.1) is 0 Å². The van der Waals surface area contributed by atoms with Gasteiger partial charge in [0.05, 0.1) is 21.6 Å². The van der Waals surface area contributed by atoms with Gasteiger partial charge < -0.3 is 9.97 Å². The zero-order valence-electron chi connectivity index (χ0n) is 12.5. The number of aromatic amines is 2. The molecule has 0 atom stereocenters. The van der Waals surface area contributed by atoms with Crippen molar-refractivity contribution in [2.75, 3.05) is 10.8 Å². The highest BCUT2D eigenvalue weighted by molar-refractivity contribution is 7.92. The number of fused-ring (bicyclic) bond motifs is 2. The Bertz CT molecular complexity index is 1100. The van der Waals surface area contributed by atoms with Gasteiger partial charge in [0.25, 0.3) is 10.0 Å². The van der Waals surface area contributed by atoms with Gasteiger partial charge in [0, 0.05) is 6.54 Å². The molecule has 1 aliphatic heterocycles. The maximum atomic E-state index is 13.4. The van der Waals surface area contributed by atoms with Crippen LogP contribution < -0.4 is 9.99 Å². The molecule has 6 nitrogen and oxygen atoms in total. The average molecular weight is 347 g/mol. The lowest BCUT2D eigenvalue weighted by atomic mass is 10.0. The average Bonchev–Trinajstić information content (AvgIpc) is 2.93. The van der Waals surface area contributed by atoms with Crippen molar-refractivity contribution in [3.05, 3.63) is 58.3 Å². The maximum absolute atomic E-state index is 13.4. The predicted octanol–water partition coefficient (Wildman–Crippen LogP) is 2.14.